The van der Waals surface area contributed by atoms with Crippen LogP contribution in [-0.2, 0) is 20.1 Å². The van der Waals surface area contributed by atoms with E-state index in [0.29, 0.717) is 11.3 Å². The van der Waals surface area contributed by atoms with Crippen LogP contribution in [0.15, 0.2) is 180 Å². The van der Waals surface area contributed by atoms with E-state index < -0.39 is 13.7 Å². The minimum Gasteiger partial charge on any atom is -0.557 e. The van der Waals surface area contributed by atoms with Crippen molar-refractivity contribution >= 4 is 32.8 Å². The van der Waals surface area contributed by atoms with Gasteiger partial charge in [-0.25, -0.2) is 0 Å². The Kier molecular flexibility index (Phi) is 8.20. The van der Waals surface area contributed by atoms with Gasteiger partial charge in [0.05, 0.1) is 16.9 Å². The number of furan rings is 1. The van der Waals surface area contributed by atoms with E-state index in [1.165, 1.54) is 51.9 Å². The summed E-state index contributed by atoms with van der Waals surface area (Å²) in [6.07, 6.45) is 4.50. The summed E-state index contributed by atoms with van der Waals surface area (Å²) in [7, 11) is 0. The van der Waals surface area contributed by atoms with Crippen molar-refractivity contribution in [2.24, 2.45) is 0 Å². The van der Waals surface area contributed by atoms with Crippen molar-refractivity contribution in [1.29, 1.82) is 0 Å². The summed E-state index contributed by atoms with van der Waals surface area (Å²) in [6.45, 7) is -4.34. The average molecular weight is 892 g/mol. The summed E-state index contributed by atoms with van der Waals surface area (Å²) in [5.74, 6) is 0.808. The normalized spacial score (nSPS) is 13.0. The molecule has 0 bridgehead atoms. The van der Waals surface area contributed by atoms with Crippen molar-refractivity contribution in [3.8, 4) is 50.6 Å². The number of rotatable bonds is 5. The van der Waals surface area contributed by atoms with E-state index in [4.69, 9.17) is 17.6 Å². The molecule has 0 N–H and O–H groups in total. The van der Waals surface area contributed by atoms with E-state index in [2.05, 4.69) is 143 Å². The number of hydrogen-bond donors (Lipinski definition) is 0. The van der Waals surface area contributed by atoms with Crippen LogP contribution in [0.1, 0.15) is 19.4 Å². The Morgan fingerprint density at radius 3 is 2.18 bits per heavy atom. The predicted octanol–water partition coefficient (Wildman–Crippen LogP) is 12.9. The molecule has 3 aromatic heterocycles. The Morgan fingerprint density at radius 2 is 1.38 bits per heavy atom. The van der Waals surface area contributed by atoms with Crippen LogP contribution in [0.5, 0.6) is 0 Å². The fraction of sp³-hybridized carbons (Fsp3) is 0.0400. The molecule has 3 heterocycles. The van der Waals surface area contributed by atoms with E-state index in [0.717, 1.165) is 44.6 Å². The van der Waals surface area contributed by atoms with Crippen molar-refractivity contribution < 1.29 is 32.7 Å². The van der Waals surface area contributed by atoms with Crippen molar-refractivity contribution in [3.63, 3.8) is 0 Å². The molecule has 0 amide bonds. The predicted molar refractivity (Wildman–Crippen MR) is 221 cm³/mol. The van der Waals surface area contributed by atoms with Crippen LogP contribution in [0.3, 0.4) is 0 Å². The largest absolute Gasteiger partial charge is 0.557 e. The van der Waals surface area contributed by atoms with E-state index in [9.17, 15) is 0 Å². The number of para-hydroxylation sites is 2. The van der Waals surface area contributed by atoms with Crippen LogP contribution in [0, 0.1) is 26.0 Å². The number of imidazole rings is 1. The first kappa shape index (κ1) is 29.0. The second-order valence-corrected chi connectivity index (χ2v) is 12.9. The quantitative estimate of drug-likeness (QED) is 0.162. The molecule has 0 aliphatic rings. The number of nitrogens with zero attached hydrogens (tertiary/aromatic N) is 3. The third kappa shape index (κ3) is 7.16. The molecule has 0 saturated heterocycles. The second kappa shape index (κ2) is 15.5. The topological polar surface area (TPSA) is 43.9 Å². The molecule has 0 atom stereocenters. The number of fused-ring (bicyclic) bond motifs is 3. The van der Waals surface area contributed by atoms with Crippen molar-refractivity contribution in [1.82, 2.24) is 14.5 Å². The molecule has 1 radical (unpaired) electrons. The van der Waals surface area contributed by atoms with E-state index in [-0.39, 0.29) is 31.2 Å². The third-order valence-electron chi connectivity index (χ3n) is 9.48. The summed E-state index contributed by atoms with van der Waals surface area (Å²) < 4.78 is 51.8. The minimum absolute atomic E-state index is 0. The van der Waals surface area contributed by atoms with Gasteiger partial charge in [-0.2, -0.15) is 0 Å². The zero-order valence-corrected chi connectivity index (χ0v) is 31.7. The summed E-state index contributed by atoms with van der Waals surface area (Å²) in [5.41, 5.74) is 10.9. The Balaban J connectivity index is 0.000000208. The summed E-state index contributed by atoms with van der Waals surface area (Å²) in [4.78, 5) is 9.16. The SMILES string of the molecule is [2H]C([2H])([2H])c1c[c-]c(-c2ccc(C([2H])([2H])[2H])cn2)cc1.[Ir].[c-]1oc2ccc(-c3cccc4ccccc34)cc2c1-c1nc2ccccc2n1-c1ccc(-c2ccccc2)cc1. The van der Waals surface area contributed by atoms with Crippen LogP contribution < -0.4 is 0 Å². The Morgan fingerprint density at radius 1 is 0.636 bits per heavy atom. The molecule has 10 aromatic rings. The van der Waals surface area contributed by atoms with Gasteiger partial charge in [0, 0.05) is 52.1 Å². The van der Waals surface area contributed by atoms with E-state index in [1.807, 2.05) is 18.2 Å². The Hall–Kier alpha value is -6.39. The first-order valence-electron chi connectivity index (χ1n) is 20.6. The number of aromatic nitrogens is 3. The van der Waals surface area contributed by atoms with Crippen molar-refractivity contribution in [3.05, 3.63) is 200 Å². The molecular weight excluding hydrogens is 851 g/mol. The van der Waals surface area contributed by atoms with Gasteiger partial charge in [0.1, 0.15) is 0 Å². The van der Waals surface area contributed by atoms with Gasteiger partial charge in [0.2, 0.25) is 0 Å². The van der Waals surface area contributed by atoms with Gasteiger partial charge in [-0.05, 0) is 75.4 Å². The zero-order chi connectivity index (χ0) is 41.4. The molecule has 0 fully saturated rings. The van der Waals surface area contributed by atoms with Crippen molar-refractivity contribution in [2.75, 3.05) is 0 Å². The smallest absolute Gasteiger partial charge is 0.0774 e. The van der Waals surface area contributed by atoms with Gasteiger partial charge in [-0.3, -0.25) is 4.98 Å². The Bertz CT molecular complexity index is 3040. The molecule has 0 spiro atoms. The van der Waals surface area contributed by atoms with E-state index in [1.54, 1.807) is 12.1 Å². The molecule has 0 unspecified atom stereocenters. The Labute approximate surface area is 342 Å². The van der Waals surface area contributed by atoms with Gasteiger partial charge < -0.3 is 14.0 Å². The van der Waals surface area contributed by atoms with E-state index >= 15 is 0 Å². The van der Waals surface area contributed by atoms with Crippen LogP contribution in [0.2, 0.25) is 0 Å². The molecule has 5 heteroatoms. The maximum Gasteiger partial charge on any atom is 0.0774 e. The van der Waals surface area contributed by atoms with Crippen LogP contribution in [-0.4, -0.2) is 14.5 Å². The minimum atomic E-state index is -2.18. The maximum atomic E-state index is 7.28. The number of hydrogen-bond acceptors (Lipinski definition) is 3. The van der Waals surface area contributed by atoms with Crippen molar-refractivity contribution in [2.45, 2.75) is 13.7 Å². The maximum absolute atomic E-state index is 7.28. The monoisotopic (exact) mass is 892 g/mol. The summed E-state index contributed by atoms with van der Waals surface area (Å²) in [5, 5.41) is 3.44. The fourth-order valence-corrected chi connectivity index (χ4v) is 6.81. The van der Waals surface area contributed by atoms with Crippen LogP contribution >= 0.6 is 0 Å². The van der Waals surface area contributed by atoms with Gasteiger partial charge in [0.25, 0.3) is 0 Å². The molecule has 0 aliphatic heterocycles. The molecule has 7 aromatic carbocycles. The molecule has 10 rings (SSSR count). The molecule has 267 valence electrons. The molecular formula is C50H35IrN3O-2. The van der Waals surface area contributed by atoms with Gasteiger partial charge >= 0.3 is 0 Å². The van der Waals surface area contributed by atoms with Crippen LogP contribution in [0.25, 0.3) is 83.4 Å². The molecule has 0 aliphatic carbocycles. The molecule has 0 saturated carbocycles. The summed E-state index contributed by atoms with van der Waals surface area (Å²) in [6, 6.07) is 59.1. The second-order valence-electron chi connectivity index (χ2n) is 12.9. The molecule has 4 nitrogen and oxygen atoms in total. The summed E-state index contributed by atoms with van der Waals surface area (Å²) >= 11 is 0. The average Bonchev–Trinajstić information content (AvgIpc) is 3.88. The third-order valence-corrected chi connectivity index (χ3v) is 9.48. The van der Waals surface area contributed by atoms with Crippen LogP contribution in [0.4, 0.5) is 0 Å². The first-order chi connectivity index (χ1) is 29.0. The van der Waals surface area contributed by atoms with Gasteiger partial charge in [-0.1, -0.05) is 145 Å². The van der Waals surface area contributed by atoms with Gasteiger partial charge in [-0.15, -0.1) is 35.4 Å². The zero-order valence-electron chi connectivity index (χ0n) is 35.3. The van der Waals surface area contributed by atoms with Gasteiger partial charge in [0.15, 0.2) is 0 Å². The number of aryl methyl sites for hydroxylation is 2. The fourth-order valence-electron chi connectivity index (χ4n) is 6.81. The standard InChI is InChI=1S/C37H23N2O.C13H12N.Ir/c1-2-9-25(10-3-1)26-17-20-29(21-18-26)39-35-16-7-6-15-34(35)38-37(39)33-24-40-36-22-19-28(23-32(33)36)31-14-8-12-27-11-4-5-13-30(27)31;1-10-3-6-12(7-4-10)13-8-5-11(2)9-14-13;/h1-23H;3-6,8-9H,1-2H3;/q2*-1;/i;1D3,2D3;. The number of pyridine rings is 1. The number of benzene rings is 7. The first-order valence-corrected chi connectivity index (χ1v) is 17.6. The molecule has 55 heavy (non-hydrogen) atoms.